The first-order chi connectivity index (χ1) is 20.5. The van der Waals surface area contributed by atoms with E-state index in [2.05, 4.69) is 68.8 Å². The fourth-order valence-electron chi connectivity index (χ4n) is 8.49. The summed E-state index contributed by atoms with van der Waals surface area (Å²) < 4.78 is 0.998. The molecule has 5 heterocycles. The van der Waals surface area contributed by atoms with Crippen molar-refractivity contribution in [2.45, 2.75) is 56.3 Å². The second-order valence-electron chi connectivity index (χ2n) is 12.9. The van der Waals surface area contributed by atoms with Gasteiger partial charge in [0.15, 0.2) is 0 Å². The van der Waals surface area contributed by atoms with Crippen molar-refractivity contribution in [3.8, 4) is 0 Å². The average Bonchev–Trinajstić information content (AvgIpc) is 3.77. The van der Waals surface area contributed by atoms with Gasteiger partial charge in [0.25, 0.3) is 0 Å². The Bertz CT molecular complexity index is 1480. The maximum absolute atomic E-state index is 12.3. The van der Waals surface area contributed by atoms with Crippen LogP contribution in [0, 0.1) is 17.8 Å². The van der Waals surface area contributed by atoms with E-state index in [1.807, 2.05) is 11.4 Å². The van der Waals surface area contributed by atoms with Gasteiger partial charge in [-0.05, 0) is 86.7 Å². The van der Waals surface area contributed by atoms with Crippen LogP contribution in [0.3, 0.4) is 0 Å². The van der Waals surface area contributed by atoms with Crippen LogP contribution in [0.15, 0.2) is 47.9 Å². The summed E-state index contributed by atoms with van der Waals surface area (Å²) in [5.74, 6) is 1.37. The van der Waals surface area contributed by atoms with Crippen molar-refractivity contribution in [2.75, 3.05) is 48.8 Å². The number of nitrogens with zero attached hydrogens (tertiary/aromatic N) is 5. The Morgan fingerprint density at radius 2 is 1.67 bits per heavy atom. The number of allylic oxidation sites excluding steroid dienone is 1. The minimum Gasteiger partial charge on any atom is -0.369 e. The number of nitrogens with two attached hydrogens (primary N) is 1. The molecular formula is C32H40N8OS. The number of amides is 1. The number of nitrogens with one attached hydrogen (secondary N) is 2. The largest absolute Gasteiger partial charge is 0.369 e. The summed E-state index contributed by atoms with van der Waals surface area (Å²) >= 11 is 1.61. The molecule has 4 fully saturated rings. The molecule has 42 heavy (non-hydrogen) atoms. The van der Waals surface area contributed by atoms with Gasteiger partial charge >= 0.3 is 0 Å². The minimum absolute atomic E-state index is 0.0418. The number of hydrogen-bond acceptors (Lipinski definition) is 9. The second kappa shape index (κ2) is 10.5. The van der Waals surface area contributed by atoms with E-state index in [-0.39, 0.29) is 23.8 Å². The van der Waals surface area contributed by atoms with E-state index in [1.54, 1.807) is 11.3 Å². The third-order valence-electron chi connectivity index (χ3n) is 10.8. The maximum Gasteiger partial charge on any atom is 0.229 e. The number of aromatic nitrogens is 2. The molecule has 2 aromatic heterocycles. The van der Waals surface area contributed by atoms with Gasteiger partial charge in [-0.2, -0.15) is 4.98 Å². The quantitative estimate of drug-likeness (QED) is 0.354. The van der Waals surface area contributed by atoms with Crippen molar-refractivity contribution in [3.05, 3.63) is 47.9 Å². The van der Waals surface area contributed by atoms with Crippen LogP contribution >= 0.6 is 11.3 Å². The van der Waals surface area contributed by atoms with Gasteiger partial charge < -0.3 is 26.2 Å². The first-order valence-electron chi connectivity index (χ1n) is 15.6. The number of anilines is 4. The van der Waals surface area contributed by atoms with Gasteiger partial charge in [-0.25, -0.2) is 4.98 Å². The molecule has 3 aromatic rings. The molecule has 9 nitrogen and oxygen atoms in total. The molecule has 6 atom stereocenters. The molecule has 0 radical (unpaired) electrons. The molecule has 1 amide bonds. The van der Waals surface area contributed by atoms with E-state index >= 15 is 0 Å². The normalized spacial score (nSPS) is 32.6. The van der Waals surface area contributed by atoms with Gasteiger partial charge in [0.1, 0.15) is 5.82 Å². The highest BCUT2D eigenvalue weighted by atomic mass is 32.1. The van der Waals surface area contributed by atoms with Crippen LogP contribution in [-0.2, 0) is 4.79 Å². The maximum atomic E-state index is 12.3. The number of fused-ring (bicyclic) bond motifs is 5. The lowest BCUT2D eigenvalue weighted by Gasteiger charge is -2.45. The zero-order chi connectivity index (χ0) is 28.4. The van der Waals surface area contributed by atoms with Gasteiger partial charge in [-0.1, -0.05) is 12.2 Å². The molecule has 10 heteroatoms. The van der Waals surface area contributed by atoms with Crippen molar-refractivity contribution in [1.82, 2.24) is 19.8 Å². The molecule has 5 aliphatic rings. The van der Waals surface area contributed by atoms with Gasteiger partial charge in [0.2, 0.25) is 11.9 Å². The van der Waals surface area contributed by atoms with Gasteiger partial charge in [-0.15, -0.1) is 11.3 Å². The molecule has 8 rings (SSSR count). The lowest BCUT2D eigenvalue weighted by Crippen LogP contribution is -2.55. The van der Waals surface area contributed by atoms with Gasteiger partial charge in [-0.3, -0.25) is 9.69 Å². The molecule has 1 saturated carbocycles. The number of carbonyl (C=O) groups excluding carboxylic acids is 1. The number of piperazine rings is 1. The van der Waals surface area contributed by atoms with Crippen LogP contribution in [0.1, 0.15) is 32.1 Å². The highest BCUT2D eigenvalue weighted by Gasteiger charge is 2.48. The Labute approximate surface area is 251 Å². The fourth-order valence-corrected chi connectivity index (χ4v) is 9.28. The number of primary amides is 1. The van der Waals surface area contributed by atoms with Crippen molar-refractivity contribution in [1.29, 1.82) is 0 Å². The molecular weight excluding hydrogens is 544 g/mol. The standard InChI is InChI=1S/C32H40N8OS/c1-38-23-8-9-24(38)18-25(17-23)40-13-11-39(12-14-40)22-6-4-21(5-7-22)34-32-35-26-10-15-42-29(26)31(37-32)36-28-20-3-2-19(16-20)27(28)30(33)41/h2-7,10,15,19-20,23-25,27-28H,8-9,11-14,16-18H2,1H3,(H2,33,41)(H2,34,35,36,37). The summed E-state index contributed by atoms with van der Waals surface area (Å²) in [4.78, 5) is 29.8. The molecule has 4 N–H and O–H groups in total. The lowest BCUT2D eigenvalue weighted by molar-refractivity contribution is -0.122. The first kappa shape index (κ1) is 26.4. The van der Waals surface area contributed by atoms with Crippen LogP contribution in [0.25, 0.3) is 10.2 Å². The highest BCUT2D eigenvalue weighted by molar-refractivity contribution is 7.17. The number of thiophene rings is 1. The van der Waals surface area contributed by atoms with Crippen LogP contribution in [0.4, 0.5) is 23.1 Å². The van der Waals surface area contributed by atoms with E-state index in [0.717, 1.165) is 72.4 Å². The number of benzene rings is 1. The van der Waals surface area contributed by atoms with Crippen molar-refractivity contribution >= 4 is 50.6 Å². The van der Waals surface area contributed by atoms with E-state index in [4.69, 9.17) is 15.7 Å². The van der Waals surface area contributed by atoms with Gasteiger partial charge in [0.05, 0.1) is 16.1 Å². The van der Waals surface area contributed by atoms with E-state index < -0.39 is 0 Å². The zero-order valence-corrected chi connectivity index (χ0v) is 25.0. The Balaban J connectivity index is 0.929. The Morgan fingerprint density at radius 3 is 2.40 bits per heavy atom. The predicted molar refractivity (Wildman–Crippen MR) is 169 cm³/mol. The summed E-state index contributed by atoms with van der Waals surface area (Å²) in [7, 11) is 2.33. The average molecular weight is 585 g/mol. The number of rotatable bonds is 7. The SMILES string of the molecule is CN1C2CCC1CC(N1CCN(c3ccc(Nc4nc(NC5C6C=CC(C6)C5C(N)=O)c5sccc5n4)cc3)CC1)C2. The highest BCUT2D eigenvalue weighted by Crippen LogP contribution is 2.45. The monoisotopic (exact) mass is 584 g/mol. The van der Waals surface area contributed by atoms with Crippen molar-refractivity contribution in [3.63, 3.8) is 0 Å². The first-order valence-corrected chi connectivity index (χ1v) is 16.5. The van der Waals surface area contributed by atoms with E-state index in [9.17, 15) is 4.79 Å². The summed E-state index contributed by atoms with van der Waals surface area (Å²) in [6.45, 7) is 4.44. The minimum atomic E-state index is -0.241. The van der Waals surface area contributed by atoms with Crippen LogP contribution < -0.4 is 21.3 Å². The Hall–Kier alpha value is -3.21. The summed E-state index contributed by atoms with van der Waals surface area (Å²) in [5.41, 5.74) is 8.93. The summed E-state index contributed by atoms with van der Waals surface area (Å²) in [6.07, 6.45) is 10.8. The number of hydrogen-bond donors (Lipinski definition) is 3. The third-order valence-corrected chi connectivity index (χ3v) is 11.7. The van der Waals surface area contributed by atoms with E-state index in [1.165, 1.54) is 31.4 Å². The number of piperidine rings is 1. The zero-order valence-electron chi connectivity index (χ0n) is 24.2. The predicted octanol–water partition coefficient (Wildman–Crippen LogP) is 4.27. The lowest BCUT2D eigenvalue weighted by atomic mass is 9.88. The van der Waals surface area contributed by atoms with Gasteiger partial charge in [0, 0.05) is 61.7 Å². The fraction of sp³-hybridized carbons (Fsp3) is 0.531. The molecule has 220 valence electrons. The molecule has 3 aliphatic heterocycles. The second-order valence-corrected chi connectivity index (χ2v) is 13.9. The molecule has 6 unspecified atom stereocenters. The van der Waals surface area contributed by atoms with Crippen molar-refractivity contribution in [2.24, 2.45) is 23.5 Å². The molecule has 4 bridgehead atoms. The van der Waals surface area contributed by atoms with Crippen LogP contribution in [0.5, 0.6) is 0 Å². The molecule has 3 saturated heterocycles. The number of carbonyl (C=O) groups is 1. The molecule has 0 spiro atoms. The topological polar surface area (TPSA) is 103 Å². The molecule has 2 aliphatic carbocycles. The molecule has 1 aromatic carbocycles. The van der Waals surface area contributed by atoms with Crippen LogP contribution in [-0.4, -0.2) is 83.1 Å². The van der Waals surface area contributed by atoms with Crippen molar-refractivity contribution < 1.29 is 4.79 Å². The van der Waals surface area contributed by atoms with Crippen LogP contribution in [0.2, 0.25) is 0 Å². The Morgan fingerprint density at radius 1 is 0.929 bits per heavy atom. The summed E-state index contributed by atoms with van der Waals surface area (Å²) in [5, 5.41) is 9.06. The van der Waals surface area contributed by atoms with E-state index in [0.29, 0.717) is 11.9 Å². The Kier molecular flexibility index (Phi) is 6.61. The smallest absolute Gasteiger partial charge is 0.229 e. The third kappa shape index (κ3) is 4.64. The summed E-state index contributed by atoms with van der Waals surface area (Å²) in [6, 6.07) is 13.0.